The van der Waals surface area contributed by atoms with Gasteiger partial charge in [0, 0.05) is 10.9 Å². The van der Waals surface area contributed by atoms with Crippen molar-refractivity contribution in [3.63, 3.8) is 0 Å². The Hall–Kier alpha value is -0.340. The summed E-state index contributed by atoms with van der Waals surface area (Å²) >= 11 is 1.90. The third-order valence-corrected chi connectivity index (χ3v) is 4.71. The van der Waals surface area contributed by atoms with E-state index in [4.69, 9.17) is 0 Å². The van der Waals surface area contributed by atoms with E-state index < -0.39 is 0 Å². The number of hydrogen-bond acceptors (Lipinski definition) is 2. The van der Waals surface area contributed by atoms with E-state index in [2.05, 4.69) is 36.7 Å². The molecular formula is C13H21NS. The molecule has 1 N–H and O–H groups in total. The Balaban J connectivity index is 1.83. The summed E-state index contributed by atoms with van der Waals surface area (Å²) < 4.78 is 0. The summed E-state index contributed by atoms with van der Waals surface area (Å²) in [4.78, 5) is 1.55. The van der Waals surface area contributed by atoms with Gasteiger partial charge in [0.05, 0.1) is 0 Å². The third-order valence-electron chi connectivity index (χ3n) is 3.77. The molecule has 1 aromatic heterocycles. The molecule has 2 rings (SSSR count). The van der Waals surface area contributed by atoms with Gasteiger partial charge in [0.1, 0.15) is 0 Å². The molecule has 84 valence electrons. The fourth-order valence-electron chi connectivity index (χ4n) is 2.41. The van der Waals surface area contributed by atoms with Gasteiger partial charge in [0.15, 0.2) is 0 Å². The van der Waals surface area contributed by atoms with Crippen LogP contribution in [0.25, 0.3) is 0 Å². The Morgan fingerprint density at radius 2 is 2.33 bits per heavy atom. The fraction of sp³-hybridized carbons (Fsp3) is 0.692. The first kappa shape index (κ1) is 11.2. The second-order valence-electron chi connectivity index (χ2n) is 4.72. The Morgan fingerprint density at radius 3 is 2.87 bits per heavy atom. The molecule has 1 aliphatic carbocycles. The van der Waals surface area contributed by atoms with Crippen LogP contribution >= 0.6 is 11.3 Å². The molecule has 0 bridgehead atoms. The lowest BCUT2D eigenvalue weighted by Gasteiger charge is -2.23. The molecule has 1 nitrogen and oxygen atoms in total. The van der Waals surface area contributed by atoms with E-state index in [-0.39, 0.29) is 0 Å². The van der Waals surface area contributed by atoms with E-state index in [1.165, 1.54) is 25.7 Å². The van der Waals surface area contributed by atoms with Crippen molar-refractivity contribution in [3.05, 3.63) is 22.4 Å². The summed E-state index contributed by atoms with van der Waals surface area (Å²) in [6.07, 6.45) is 5.48. The maximum Gasteiger partial charge on any atom is 0.00951 e. The molecule has 0 saturated heterocycles. The van der Waals surface area contributed by atoms with E-state index in [0.29, 0.717) is 11.5 Å². The topological polar surface area (TPSA) is 12.0 Å². The molecule has 0 radical (unpaired) electrons. The van der Waals surface area contributed by atoms with Crippen molar-refractivity contribution in [3.8, 4) is 0 Å². The molecule has 0 aromatic carbocycles. The Morgan fingerprint density at radius 1 is 1.53 bits per heavy atom. The standard InChI is InChI=1S/C13H21NS/c1-3-14-11(2)13(8-9-13)7-6-12-5-4-10-15-12/h4-5,10-11,14H,3,6-9H2,1-2H3. The minimum atomic E-state index is 0.625. The molecule has 15 heavy (non-hydrogen) atoms. The van der Waals surface area contributed by atoms with Gasteiger partial charge in [-0.15, -0.1) is 11.3 Å². The maximum atomic E-state index is 3.58. The average Bonchev–Trinajstić information content (AvgIpc) is 2.85. The highest BCUT2D eigenvalue weighted by atomic mass is 32.1. The summed E-state index contributed by atoms with van der Waals surface area (Å²) in [5.41, 5.74) is 0.625. The first-order valence-electron chi connectivity index (χ1n) is 6.02. The number of aryl methyl sites for hydroxylation is 1. The van der Waals surface area contributed by atoms with Crippen LogP contribution in [-0.4, -0.2) is 12.6 Å². The van der Waals surface area contributed by atoms with Crippen molar-refractivity contribution in [1.29, 1.82) is 0 Å². The highest BCUT2D eigenvalue weighted by molar-refractivity contribution is 7.09. The molecule has 0 aliphatic heterocycles. The van der Waals surface area contributed by atoms with Gasteiger partial charge in [0.2, 0.25) is 0 Å². The molecule has 1 fully saturated rings. The highest BCUT2D eigenvalue weighted by Crippen LogP contribution is 2.52. The van der Waals surface area contributed by atoms with Crippen molar-refractivity contribution in [2.75, 3.05) is 6.54 Å². The van der Waals surface area contributed by atoms with Crippen LogP contribution in [0, 0.1) is 5.41 Å². The quantitative estimate of drug-likeness (QED) is 0.779. The van der Waals surface area contributed by atoms with Crippen LogP contribution in [0.4, 0.5) is 0 Å². The predicted molar refractivity (Wildman–Crippen MR) is 67.4 cm³/mol. The SMILES string of the molecule is CCNC(C)C1(CCc2cccs2)CC1. The molecule has 0 spiro atoms. The smallest absolute Gasteiger partial charge is 0.00951 e. The van der Waals surface area contributed by atoms with E-state index in [9.17, 15) is 0 Å². The molecule has 1 unspecified atom stereocenters. The summed E-state index contributed by atoms with van der Waals surface area (Å²) in [6, 6.07) is 5.12. The lowest BCUT2D eigenvalue weighted by atomic mass is 9.92. The van der Waals surface area contributed by atoms with Crippen LogP contribution in [0.3, 0.4) is 0 Å². The second-order valence-corrected chi connectivity index (χ2v) is 5.75. The Labute approximate surface area is 96.9 Å². The molecule has 1 heterocycles. The maximum absolute atomic E-state index is 3.58. The number of rotatable bonds is 6. The summed E-state index contributed by atoms with van der Waals surface area (Å²) in [5, 5.41) is 5.76. The second kappa shape index (κ2) is 4.67. The van der Waals surface area contributed by atoms with Crippen LogP contribution in [0.2, 0.25) is 0 Å². The Bertz CT molecular complexity index is 287. The largest absolute Gasteiger partial charge is 0.314 e. The number of nitrogens with one attached hydrogen (secondary N) is 1. The zero-order valence-electron chi connectivity index (χ0n) is 9.75. The first-order chi connectivity index (χ1) is 7.27. The lowest BCUT2D eigenvalue weighted by molar-refractivity contribution is 0.336. The van der Waals surface area contributed by atoms with Gasteiger partial charge in [-0.05, 0) is 56.0 Å². The highest BCUT2D eigenvalue weighted by Gasteiger charge is 2.46. The van der Waals surface area contributed by atoms with Gasteiger partial charge in [-0.25, -0.2) is 0 Å². The van der Waals surface area contributed by atoms with Crippen LogP contribution in [0.1, 0.15) is 38.0 Å². The van der Waals surface area contributed by atoms with Gasteiger partial charge >= 0.3 is 0 Å². The number of hydrogen-bond donors (Lipinski definition) is 1. The average molecular weight is 223 g/mol. The van der Waals surface area contributed by atoms with Gasteiger partial charge in [-0.3, -0.25) is 0 Å². The Kier molecular flexibility index (Phi) is 3.47. The van der Waals surface area contributed by atoms with Crippen LogP contribution in [-0.2, 0) is 6.42 Å². The number of thiophene rings is 1. The van der Waals surface area contributed by atoms with E-state index in [1.807, 2.05) is 11.3 Å². The monoisotopic (exact) mass is 223 g/mol. The summed E-state index contributed by atoms with van der Waals surface area (Å²) in [6.45, 7) is 5.65. The van der Waals surface area contributed by atoms with E-state index >= 15 is 0 Å². The zero-order valence-corrected chi connectivity index (χ0v) is 10.6. The van der Waals surface area contributed by atoms with Gasteiger partial charge in [-0.2, -0.15) is 0 Å². The van der Waals surface area contributed by atoms with Gasteiger partial charge in [-0.1, -0.05) is 13.0 Å². The minimum absolute atomic E-state index is 0.625. The molecule has 2 heteroatoms. The molecule has 1 saturated carbocycles. The first-order valence-corrected chi connectivity index (χ1v) is 6.90. The molecule has 0 amide bonds. The van der Waals surface area contributed by atoms with Crippen molar-refractivity contribution < 1.29 is 0 Å². The van der Waals surface area contributed by atoms with Gasteiger partial charge < -0.3 is 5.32 Å². The van der Waals surface area contributed by atoms with Crippen molar-refractivity contribution in [2.24, 2.45) is 5.41 Å². The van der Waals surface area contributed by atoms with Crippen LogP contribution in [0.15, 0.2) is 17.5 Å². The molecular weight excluding hydrogens is 202 g/mol. The minimum Gasteiger partial charge on any atom is -0.314 e. The molecule has 1 aromatic rings. The third kappa shape index (κ3) is 2.61. The van der Waals surface area contributed by atoms with Crippen molar-refractivity contribution in [2.45, 2.75) is 45.6 Å². The van der Waals surface area contributed by atoms with Crippen LogP contribution in [0.5, 0.6) is 0 Å². The normalized spacial score (nSPS) is 20.1. The van der Waals surface area contributed by atoms with E-state index in [0.717, 1.165) is 6.54 Å². The molecule has 1 atom stereocenters. The van der Waals surface area contributed by atoms with Crippen molar-refractivity contribution >= 4 is 11.3 Å². The predicted octanol–water partition coefficient (Wildman–Crippen LogP) is 3.46. The van der Waals surface area contributed by atoms with E-state index in [1.54, 1.807) is 4.88 Å². The lowest BCUT2D eigenvalue weighted by Crippen LogP contribution is -2.34. The van der Waals surface area contributed by atoms with Crippen LogP contribution < -0.4 is 5.32 Å². The van der Waals surface area contributed by atoms with Crippen molar-refractivity contribution in [1.82, 2.24) is 5.32 Å². The molecule has 1 aliphatic rings. The van der Waals surface area contributed by atoms with Gasteiger partial charge in [0.25, 0.3) is 0 Å². The summed E-state index contributed by atoms with van der Waals surface area (Å²) in [5.74, 6) is 0. The fourth-order valence-corrected chi connectivity index (χ4v) is 3.12. The zero-order chi connectivity index (χ0) is 10.7. The summed E-state index contributed by atoms with van der Waals surface area (Å²) in [7, 11) is 0.